The lowest BCUT2D eigenvalue weighted by Crippen LogP contribution is -2.49. The third-order valence-corrected chi connectivity index (χ3v) is 6.53. The maximum absolute atomic E-state index is 12.6. The first kappa shape index (κ1) is 25.8. The normalized spacial score (nSPS) is 13.9. The standard InChI is InChI=1S/C26H29N5O6/c1-27-23(18-24(32)28(2)26(27)34)30-14-12-29(13-15-30)11-6-16-37-22-10-9-20(17-21(22)31(35)36)25(33)19-7-4-3-5-8-19/h3-5,7-10,17-18H,6,11-16H2,1-2H3. The molecule has 1 aromatic heterocycles. The van der Waals surface area contributed by atoms with E-state index in [9.17, 15) is 24.5 Å². The van der Waals surface area contributed by atoms with E-state index in [1.165, 1.54) is 29.8 Å². The molecule has 3 aromatic rings. The summed E-state index contributed by atoms with van der Waals surface area (Å²) in [6, 6.07) is 14.4. The third-order valence-electron chi connectivity index (χ3n) is 6.53. The van der Waals surface area contributed by atoms with Crippen molar-refractivity contribution in [1.29, 1.82) is 0 Å². The highest BCUT2D eigenvalue weighted by Crippen LogP contribution is 2.29. The lowest BCUT2D eigenvalue weighted by atomic mass is 10.0. The van der Waals surface area contributed by atoms with Crippen molar-refractivity contribution in [1.82, 2.24) is 14.0 Å². The lowest BCUT2D eigenvalue weighted by Gasteiger charge is -2.36. The number of aromatic nitrogens is 2. The number of carbonyl (C=O) groups is 1. The molecule has 0 saturated carbocycles. The zero-order valence-electron chi connectivity index (χ0n) is 20.8. The molecule has 0 amide bonds. The second-order valence-corrected chi connectivity index (χ2v) is 8.91. The van der Waals surface area contributed by atoms with Crippen LogP contribution in [0.3, 0.4) is 0 Å². The Morgan fingerprint density at radius 2 is 1.65 bits per heavy atom. The molecule has 0 unspecified atom stereocenters. The number of ether oxygens (including phenoxy) is 1. The van der Waals surface area contributed by atoms with Crippen LogP contribution in [-0.2, 0) is 14.1 Å². The Morgan fingerprint density at radius 3 is 2.32 bits per heavy atom. The van der Waals surface area contributed by atoms with Crippen LogP contribution in [0.4, 0.5) is 11.5 Å². The third kappa shape index (κ3) is 5.78. The minimum Gasteiger partial charge on any atom is -0.487 e. The molecule has 0 N–H and O–H groups in total. The maximum Gasteiger partial charge on any atom is 0.332 e. The summed E-state index contributed by atoms with van der Waals surface area (Å²) in [5, 5.41) is 11.6. The minimum atomic E-state index is -0.541. The molecule has 0 aliphatic carbocycles. The topological polar surface area (TPSA) is 120 Å². The van der Waals surface area contributed by atoms with Crippen molar-refractivity contribution in [3.63, 3.8) is 0 Å². The summed E-state index contributed by atoms with van der Waals surface area (Å²) in [5.41, 5.74) is -0.229. The van der Waals surface area contributed by atoms with Crippen LogP contribution in [0.5, 0.6) is 5.75 Å². The second-order valence-electron chi connectivity index (χ2n) is 8.91. The first-order chi connectivity index (χ1) is 17.8. The molecule has 2 aromatic carbocycles. The molecule has 194 valence electrons. The van der Waals surface area contributed by atoms with Crippen molar-refractivity contribution in [3.8, 4) is 5.75 Å². The minimum absolute atomic E-state index is 0.131. The summed E-state index contributed by atoms with van der Waals surface area (Å²) in [4.78, 5) is 52.2. The van der Waals surface area contributed by atoms with E-state index in [2.05, 4.69) is 4.90 Å². The van der Waals surface area contributed by atoms with Crippen LogP contribution < -0.4 is 20.9 Å². The van der Waals surface area contributed by atoms with E-state index in [1.54, 1.807) is 43.4 Å². The van der Waals surface area contributed by atoms with Crippen LogP contribution in [-0.4, -0.2) is 64.1 Å². The Balaban J connectivity index is 1.30. The number of piperazine rings is 1. The number of anilines is 1. The van der Waals surface area contributed by atoms with Gasteiger partial charge in [0.25, 0.3) is 5.56 Å². The molecule has 0 radical (unpaired) electrons. The molecule has 1 saturated heterocycles. The first-order valence-electron chi connectivity index (χ1n) is 12.0. The van der Waals surface area contributed by atoms with Crippen LogP contribution in [0.15, 0.2) is 64.2 Å². The van der Waals surface area contributed by atoms with Gasteiger partial charge >= 0.3 is 11.4 Å². The average Bonchev–Trinajstić information content (AvgIpc) is 2.92. The predicted molar refractivity (Wildman–Crippen MR) is 139 cm³/mol. The SMILES string of the molecule is Cn1c(N2CCN(CCCOc3ccc(C(=O)c4ccccc4)cc3[N+](=O)[O-])CC2)cc(=O)n(C)c1=O. The Labute approximate surface area is 213 Å². The van der Waals surface area contributed by atoms with Crippen molar-refractivity contribution in [3.05, 3.63) is 96.7 Å². The van der Waals surface area contributed by atoms with E-state index in [-0.39, 0.29) is 40.6 Å². The highest BCUT2D eigenvalue weighted by atomic mass is 16.6. The Bertz CT molecular complexity index is 1410. The average molecular weight is 508 g/mol. The predicted octanol–water partition coefficient (Wildman–Crippen LogP) is 1.81. The number of hydrogen-bond donors (Lipinski definition) is 0. The summed E-state index contributed by atoms with van der Waals surface area (Å²) < 4.78 is 8.27. The number of carbonyl (C=O) groups excluding carboxylic acids is 1. The summed E-state index contributed by atoms with van der Waals surface area (Å²) in [5.74, 6) is 0.453. The molecule has 4 rings (SSSR count). The molecule has 0 atom stereocenters. The molecule has 11 heteroatoms. The van der Waals surface area contributed by atoms with Crippen LogP contribution in [0, 0.1) is 10.1 Å². The van der Waals surface area contributed by atoms with Gasteiger partial charge in [-0.2, -0.15) is 0 Å². The van der Waals surface area contributed by atoms with Gasteiger partial charge in [0.15, 0.2) is 11.5 Å². The fourth-order valence-electron chi connectivity index (χ4n) is 4.38. The molecule has 1 fully saturated rings. The van der Waals surface area contributed by atoms with Crippen molar-refractivity contribution < 1.29 is 14.5 Å². The van der Waals surface area contributed by atoms with Crippen LogP contribution >= 0.6 is 0 Å². The quantitative estimate of drug-likeness (QED) is 0.186. The summed E-state index contributed by atoms with van der Waals surface area (Å²) in [6.45, 7) is 3.87. The highest BCUT2D eigenvalue weighted by molar-refractivity contribution is 6.09. The molecular weight excluding hydrogens is 478 g/mol. The van der Waals surface area contributed by atoms with Gasteiger partial charge in [-0.15, -0.1) is 0 Å². The van der Waals surface area contributed by atoms with Crippen molar-refractivity contribution in [2.24, 2.45) is 14.1 Å². The van der Waals surface area contributed by atoms with Crippen LogP contribution in [0.1, 0.15) is 22.3 Å². The van der Waals surface area contributed by atoms with Gasteiger partial charge in [-0.05, 0) is 18.6 Å². The molecule has 37 heavy (non-hydrogen) atoms. The smallest absolute Gasteiger partial charge is 0.332 e. The fraction of sp³-hybridized carbons (Fsp3) is 0.346. The Kier molecular flexibility index (Phi) is 7.83. The number of nitro groups is 1. The van der Waals surface area contributed by atoms with E-state index in [1.807, 2.05) is 4.90 Å². The zero-order valence-corrected chi connectivity index (χ0v) is 20.8. The van der Waals surface area contributed by atoms with E-state index >= 15 is 0 Å². The van der Waals surface area contributed by atoms with E-state index in [4.69, 9.17) is 4.74 Å². The summed E-state index contributed by atoms with van der Waals surface area (Å²) in [6.07, 6.45) is 0.659. The lowest BCUT2D eigenvalue weighted by molar-refractivity contribution is -0.385. The molecule has 0 bridgehead atoms. The van der Waals surface area contributed by atoms with Crippen molar-refractivity contribution in [2.75, 3.05) is 44.2 Å². The van der Waals surface area contributed by atoms with E-state index < -0.39 is 4.92 Å². The number of nitrogens with zero attached hydrogens (tertiary/aromatic N) is 5. The zero-order chi connectivity index (χ0) is 26.5. The summed E-state index contributed by atoms with van der Waals surface area (Å²) in [7, 11) is 3.12. The van der Waals surface area contributed by atoms with E-state index in [0.29, 0.717) is 30.9 Å². The Hall–Kier alpha value is -4.25. The fourth-order valence-corrected chi connectivity index (χ4v) is 4.38. The van der Waals surface area contributed by atoms with Gasteiger partial charge in [0.2, 0.25) is 0 Å². The van der Waals surface area contributed by atoms with Crippen molar-refractivity contribution in [2.45, 2.75) is 6.42 Å². The van der Waals surface area contributed by atoms with Gasteiger partial charge in [-0.25, -0.2) is 4.79 Å². The number of rotatable bonds is 9. The van der Waals surface area contributed by atoms with Gasteiger partial charge in [0.1, 0.15) is 5.82 Å². The first-order valence-corrected chi connectivity index (χ1v) is 12.0. The maximum atomic E-state index is 12.6. The number of benzene rings is 2. The van der Waals surface area contributed by atoms with E-state index in [0.717, 1.165) is 24.2 Å². The molecule has 1 aliphatic rings. The van der Waals surface area contributed by atoms with Gasteiger partial charge in [0, 0.05) is 70.1 Å². The van der Waals surface area contributed by atoms with Gasteiger partial charge < -0.3 is 9.64 Å². The van der Waals surface area contributed by atoms with Gasteiger partial charge in [0.05, 0.1) is 11.5 Å². The number of nitro benzene ring substituents is 1. The number of ketones is 1. The number of hydrogen-bond acceptors (Lipinski definition) is 8. The molecular formula is C26H29N5O6. The molecule has 11 nitrogen and oxygen atoms in total. The van der Waals surface area contributed by atoms with Crippen molar-refractivity contribution >= 4 is 17.3 Å². The Morgan fingerprint density at radius 1 is 0.946 bits per heavy atom. The second kappa shape index (κ2) is 11.2. The van der Waals surface area contributed by atoms with Gasteiger partial charge in [-0.1, -0.05) is 30.3 Å². The molecule has 1 aliphatic heterocycles. The van der Waals surface area contributed by atoms with Gasteiger partial charge in [-0.3, -0.25) is 33.7 Å². The highest BCUT2D eigenvalue weighted by Gasteiger charge is 2.22. The molecule has 0 spiro atoms. The molecule has 2 heterocycles. The largest absolute Gasteiger partial charge is 0.487 e. The summed E-state index contributed by atoms with van der Waals surface area (Å²) >= 11 is 0. The monoisotopic (exact) mass is 507 g/mol. The van der Waals surface area contributed by atoms with Crippen LogP contribution in [0.25, 0.3) is 0 Å². The van der Waals surface area contributed by atoms with Crippen LogP contribution in [0.2, 0.25) is 0 Å².